The maximum Gasteiger partial charge on any atom is 0.341 e. The van der Waals surface area contributed by atoms with Crippen molar-refractivity contribution in [3.8, 4) is 0 Å². The van der Waals surface area contributed by atoms with Gasteiger partial charge in [0.05, 0.1) is 23.4 Å². The van der Waals surface area contributed by atoms with E-state index in [4.69, 9.17) is 40.2 Å². The van der Waals surface area contributed by atoms with Crippen molar-refractivity contribution in [1.29, 1.82) is 0 Å². The summed E-state index contributed by atoms with van der Waals surface area (Å²) in [6.07, 6.45) is 6.49. The summed E-state index contributed by atoms with van der Waals surface area (Å²) in [7, 11) is 1.40. The summed E-state index contributed by atoms with van der Waals surface area (Å²) in [5, 5.41) is 8.32. The summed E-state index contributed by atoms with van der Waals surface area (Å²) >= 11 is 19.2. The van der Waals surface area contributed by atoms with Crippen molar-refractivity contribution in [3.63, 3.8) is 0 Å². The molecule has 4 nitrogen and oxygen atoms in total. The zero-order valence-electron chi connectivity index (χ0n) is 14.9. The van der Waals surface area contributed by atoms with Crippen LogP contribution in [-0.4, -0.2) is 18.2 Å². The Morgan fingerprint density at radius 3 is 2.63 bits per heavy atom. The average molecular weight is 443 g/mol. The lowest BCUT2D eigenvalue weighted by Gasteiger charge is -2.13. The molecule has 1 aromatic carbocycles. The van der Waals surface area contributed by atoms with Gasteiger partial charge in [0.25, 0.3) is 0 Å². The molecule has 2 aromatic rings. The Bertz CT molecular complexity index is 868. The van der Waals surface area contributed by atoms with Crippen LogP contribution < -0.4 is 10.6 Å². The number of carbonyl (C=O) groups is 1. The summed E-state index contributed by atoms with van der Waals surface area (Å²) in [5.74, 6) is -0.334. The summed E-state index contributed by atoms with van der Waals surface area (Å²) < 4.78 is 5.03. The normalized spacial score (nSPS) is 13.9. The van der Waals surface area contributed by atoms with E-state index in [1.165, 1.54) is 24.8 Å². The van der Waals surface area contributed by atoms with E-state index >= 15 is 0 Å². The number of benzene rings is 1. The van der Waals surface area contributed by atoms with Gasteiger partial charge in [0, 0.05) is 9.90 Å². The van der Waals surface area contributed by atoms with E-state index in [2.05, 4.69) is 10.6 Å². The largest absolute Gasteiger partial charge is 0.465 e. The maximum absolute atomic E-state index is 12.4. The summed E-state index contributed by atoms with van der Waals surface area (Å²) in [6, 6.07) is 5.11. The summed E-state index contributed by atoms with van der Waals surface area (Å²) in [4.78, 5) is 13.7. The molecule has 1 aliphatic carbocycles. The molecule has 0 saturated heterocycles. The van der Waals surface area contributed by atoms with Gasteiger partial charge in [0.2, 0.25) is 0 Å². The molecule has 0 radical (unpaired) electrons. The Labute approximate surface area is 178 Å². The fraction of sp³-hybridized carbons (Fsp3) is 0.368. The Kier molecular flexibility index (Phi) is 6.98. The fourth-order valence-electron chi connectivity index (χ4n) is 3.18. The number of methoxy groups -OCH3 is 1. The summed E-state index contributed by atoms with van der Waals surface area (Å²) in [6.45, 7) is 0. The van der Waals surface area contributed by atoms with Gasteiger partial charge in [-0.1, -0.05) is 36.0 Å². The number of hydrogen-bond acceptors (Lipinski definition) is 4. The van der Waals surface area contributed by atoms with E-state index in [0.29, 0.717) is 31.4 Å². The Morgan fingerprint density at radius 1 is 1.15 bits per heavy atom. The van der Waals surface area contributed by atoms with Gasteiger partial charge in [-0.15, -0.1) is 11.3 Å². The van der Waals surface area contributed by atoms with Gasteiger partial charge in [-0.05, 0) is 61.7 Å². The molecule has 3 rings (SSSR count). The molecule has 8 heteroatoms. The molecule has 0 atom stereocenters. The van der Waals surface area contributed by atoms with Crippen molar-refractivity contribution in [2.24, 2.45) is 0 Å². The zero-order chi connectivity index (χ0) is 19.4. The number of rotatable bonds is 3. The van der Waals surface area contributed by atoms with Crippen LogP contribution in [0.4, 0.5) is 10.7 Å². The minimum atomic E-state index is -0.334. The molecule has 1 aromatic heterocycles. The van der Waals surface area contributed by atoms with Crippen LogP contribution in [0, 0.1) is 0 Å². The van der Waals surface area contributed by atoms with Crippen LogP contribution in [0.25, 0.3) is 0 Å². The number of ether oxygens (including phenoxy) is 1. The number of nitrogens with one attached hydrogen (secondary N) is 2. The monoisotopic (exact) mass is 442 g/mol. The van der Waals surface area contributed by atoms with Crippen LogP contribution in [-0.2, 0) is 17.6 Å². The van der Waals surface area contributed by atoms with Crippen LogP contribution in [0.3, 0.4) is 0 Å². The molecule has 2 N–H and O–H groups in total. The molecule has 0 fully saturated rings. The second kappa shape index (κ2) is 9.24. The first-order valence-corrected chi connectivity index (χ1v) is 10.7. The van der Waals surface area contributed by atoms with Crippen LogP contribution in [0.2, 0.25) is 10.0 Å². The molecule has 0 saturated carbocycles. The maximum atomic E-state index is 12.4. The number of anilines is 2. The number of aryl methyl sites for hydroxylation is 1. The van der Waals surface area contributed by atoms with Gasteiger partial charge in [-0.3, -0.25) is 0 Å². The summed E-state index contributed by atoms with van der Waals surface area (Å²) in [5.41, 5.74) is 2.30. The number of thiocarbonyl (C=S) groups is 1. The standard InChI is InChI=1S/C19H20Cl2N2O2S2/c1-25-18(24)16-12-6-4-2-3-5-7-15(12)27-17(16)23-19(26)22-14-10-11(20)8-9-13(14)21/h8-10H,2-7H2,1H3,(H2,22,23,26). The smallest absolute Gasteiger partial charge is 0.341 e. The van der Waals surface area contributed by atoms with E-state index in [0.717, 1.165) is 31.2 Å². The second-order valence-electron chi connectivity index (χ2n) is 6.32. The van der Waals surface area contributed by atoms with Gasteiger partial charge in [-0.25, -0.2) is 4.79 Å². The van der Waals surface area contributed by atoms with E-state index < -0.39 is 0 Å². The predicted molar refractivity (Wildman–Crippen MR) is 118 cm³/mol. The molecular weight excluding hydrogens is 423 g/mol. The first kappa shape index (κ1) is 20.4. The third-order valence-corrected chi connectivity index (χ3v) is 6.44. The van der Waals surface area contributed by atoms with Crippen molar-refractivity contribution < 1.29 is 9.53 Å². The van der Waals surface area contributed by atoms with Gasteiger partial charge < -0.3 is 15.4 Å². The first-order chi connectivity index (χ1) is 13.0. The zero-order valence-corrected chi connectivity index (χ0v) is 18.0. The SMILES string of the molecule is COC(=O)c1c(NC(=S)Nc2cc(Cl)ccc2Cl)sc2c1CCCCCC2. The van der Waals surface area contributed by atoms with E-state index in [-0.39, 0.29) is 5.97 Å². The van der Waals surface area contributed by atoms with Gasteiger partial charge in [-0.2, -0.15) is 0 Å². The fourth-order valence-corrected chi connectivity index (χ4v) is 5.07. The topological polar surface area (TPSA) is 50.4 Å². The Hall–Kier alpha value is -1.34. The van der Waals surface area contributed by atoms with Gasteiger partial charge in [0.1, 0.15) is 5.00 Å². The highest BCUT2D eigenvalue weighted by Crippen LogP contribution is 2.37. The first-order valence-electron chi connectivity index (χ1n) is 8.75. The van der Waals surface area contributed by atoms with Crippen LogP contribution in [0.5, 0.6) is 0 Å². The quantitative estimate of drug-likeness (QED) is 0.430. The second-order valence-corrected chi connectivity index (χ2v) is 8.67. The Morgan fingerprint density at radius 2 is 1.89 bits per heavy atom. The van der Waals surface area contributed by atoms with Crippen molar-refractivity contribution >= 4 is 68.5 Å². The van der Waals surface area contributed by atoms with Crippen LogP contribution in [0.1, 0.15) is 46.5 Å². The molecular formula is C19H20Cl2N2O2S2. The Balaban J connectivity index is 1.86. The number of halogens is 2. The van der Waals surface area contributed by atoms with E-state index in [1.807, 2.05) is 0 Å². The van der Waals surface area contributed by atoms with Gasteiger partial charge >= 0.3 is 5.97 Å². The van der Waals surface area contributed by atoms with E-state index in [9.17, 15) is 4.79 Å². The van der Waals surface area contributed by atoms with Gasteiger partial charge in [0.15, 0.2) is 5.11 Å². The van der Waals surface area contributed by atoms with Crippen molar-refractivity contribution in [2.75, 3.05) is 17.7 Å². The molecule has 1 aliphatic rings. The minimum absolute atomic E-state index is 0.334. The minimum Gasteiger partial charge on any atom is -0.465 e. The number of hydrogen-bond donors (Lipinski definition) is 2. The molecule has 0 spiro atoms. The van der Waals surface area contributed by atoms with Crippen LogP contribution in [0.15, 0.2) is 18.2 Å². The number of thiophene rings is 1. The molecule has 1 heterocycles. The van der Waals surface area contributed by atoms with E-state index in [1.54, 1.807) is 29.5 Å². The third kappa shape index (κ3) is 4.93. The molecule has 0 amide bonds. The molecule has 27 heavy (non-hydrogen) atoms. The highest BCUT2D eigenvalue weighted by molar-refractivity contribution is 7.80. The lowest BCUT2D eigenvalue weighted by Crippen LogP contribution is -2.20. The molecule has 0 unspecified atom stereocenters. The van der Waals surface area contributed by atoms with Crippen LogP contribution >= 0.6 is 46.8 Å². The molecule has 144 valence electrons. The number of esters is 1. The number of carbonyl (C=O) groups excluding carboxylic acids is 1. The molecule has 0 bridgehead atoms. The number of fused-ring (bicyclic) bond motifs is 1. The van der Waals surface area contributed by atoms with Crippen molar-refractivity contribution in [1.82, 2.24) is 0 Å². The highest BCUT2D eigenvalue weighted by Gasteiger charge is 2.25. The predicted octanol–water partition coefficient (Wildman–Crippen LogP) is 6.31. The van der Waals surface area contributed by atoms with Crippen molar-refractivity contribution in [3.05, 3.63) is 44.2 Å². The van der Waals surface area contributed by atoms with Crippen molar-refractivity contribution in [2.45, 2.75) is 38.5 Å². The average Bonchev–Trinajstić information content (AvgIpc) is 2.93. The lowest BCUT2D eigenvalue weighted by atomic mass is 9.96. The third-order valence-electron chi connectivity index (χ3n) is 4.46. The lowest BCUT2D eigenvalue weighted by molar-refractivity contribution is 0.0601. The molecule has 0 aliphatic heterocycles. The highest BCUT2D eigenvalue weighted by atomic mass is 35.5.